The summed E-state index contributed by atoms with van der Waals surface area (Å²) in [5.41, 5.74) is 3.24. The Bertz CT molecular complexity index is 1650. The smallest absolute Gasteiger partial charge is 0.338 e. The van der Waals surface area contributed by atoms with Crippen molar-refractivity contribution < 1.29 is 27.9 Å². The van der Waals surface area contributed by atoms with Gasteiger partial charge in [-0.2, -0.15) is 14.6 Å². The predicted molar refractivity (Wildman–Crippen MR) is 138 cm³/mol. The number of carbonyl (C=O) groups is 3. The minimum Gasteiger partial charge on any atom is -0.458 e. The van der Waals surface area contributed by atoms with Gasteiger partial charge in [-0.1, -0.05) is 18.7 Å². The van der Waals surface area contributed by atoms with Crippen molar-refractivity contribution in [1.29, 1.82) is 0 Å². The summed E-state index contributed by atoms with van der Waals surface area (Å²) >= 11 is 0. The molecule has 0 saturated carbocycles. The summed E-state index contributed by atoms with van der Waals surface area (Å²) in [5.74, 6) is -3.12. The molecule has 12 heteroatoms. The monoisotopic (exact) mass is 546 g/mol. The molecule has 2 aromatic heterocycles. The SMILES string of the molecule is C=CCOC(=O)c1ccc2c(c1C)CC[C@@H]2NC(=O)c1cc(C(=O)NCc2cc(F)cc(F)c2)nc2ncnn12. The van der Waals surface area contributed by atoms with Crippen molar-refractivity contribution in [2.75, 3.05) is 6.61 Å². The van der Waals surface area contributed by atoms with Crippen LogP contribution < -0.4 is 10.6 Å². The van der Waals surface area contributed by atoms with Crippen molar-refractivity contribution in [2.45, 2.75) is 32.4 Å². The van der Waals surface area contributed by atoms with E-state index in [-0.39, 0.29) is 41.9 Å². The lowest BCUT2D eigenvalue weighted by molar-refractivity contribution is 0.0548. The van der Waals surface area contributed by atoms with Crippen LogP contribution in [0.2, 0.25) is 0 Å². The second-order valence-electron chi connectivity index (χ2n) is 9.22. The zero-order chi connectivity index (χ0) is 28.4. The fourth-order valence-corrected chi connectivity index (χ4v) is 4.77. The van der Waals surface area contributed by atoms with Gasteiger partial charge in [0.2, 0.25) is 0 Å². The molecular weight excluding hydrogens is 522 g/mol. The highest BCUT2D eigenvalue weighted by Gasteiger charge is 2.29. The maximum absolute atomic E-state index is 13.5. The molecule has 0 aliphatic heterocycles. The number of hydrogen-bond acceptors (Lipinski definition) is 7. The Labute approximate surface area is 227 Å². The minimum atomic E-state index is -0.765. The summed E-state index contributed by atoms with van der Waals surface area (Å²) in [6.07, 6.45) is 3.96. The number of esters is 1. The van der Waals surface area contributed by atoms with E-state index in [0.717, 1.165) is 34.9 Å². The Hall–Kier alpha value is -5.00. The van der Waals surface area contributed by atoms with E-state index in [2.05, 4.69) is 32.3 Å². The van der Waals surface area contributed by atoms with Crippen LogP contribution in [-0.2, 0) is 17.7 Å². The van der Waals surface area contributed by atoms with Crippen molar-refractivity contribution >= 4 is 23.6 Å². The lowest BCUT2D eigenvalue weighted by Gasteiger charge is -2.16. The highest BCUT2D eigenvalue weighted by molar-refractivity contribution is 5.98. The van der Waals surface area contributed by atoms with Gasteiger partial charge in [-0.05, 0) is 60.2 Å². The Balaban J connectivity index is 1.35. The van der Waals surface area contributed by atoms with E-state index in [0.29, 0.717) is 18.4 Å². The van der Waals surface area contributed by atoms with Gasteiger partial charge >= 0.3 is 5.97 Å². The lowest BCUT2D eigenvalue weighted by Crippen LogP contribution is -2.30. The first-order chi connectivity index (χ1) is 19.2. The third kappa shape index (κ3) is 5.28. The molecule has 1 aliphatic carbocycles. The first kappa shape index (κ1) is 26.6. The summed E-state index contributed by atoms with van der Waals surface area (Å²) in [4.78, 5) is 46.8. The first-order valence-corrected chi connectivity index (χ1v) is 12.4. The van der Waals surface area contributed by atoms with Gasteiger partial charge in [0.15, 0.2) is 0 Å². The molecule has 0 unspecified atom stereocenters. The molecule has 0 saturated heterocycles. The van der Waals surface area contributed by atoms with Gasteiger partial charge < -0.3 is 15.4 Å². The van der Waals surface area contributed by atoms with E-state index in [1.165, 1.54) is 23.0 Å². The van der Waals surface area contributed by atoms with E-state index >= 15 is 0 Å². The van der Waals surface area contributed by atoms with E-state index in [1.807, 2.05) is 6.92 Å². The topological polar surface area (TPSA) is 128 Å². The molecule has 2 N–H and O–H groups in total. The third-order valence-corrected chi connectivity index (χ3v) is 6.64. The Kier molecular flexibility index (Phi) is 7.32. The van der Waals surface area contributed by atoms with E-state index < -0.39 is 29.4 Å². The Morgan fingerprint density at radius 3 is 2.67 bits per heavy atom. The third-order valence-electron chi connectivity index (χ3n) is 6.64. The molecule has 0 bridgehead atoms. The number of ether oxygens (including phenoxy) is 1. The van der Waals surface area contributed by atoms with Crippen LogP contribution in [0.4, 0.5) is 8.78 Å². The molecule has 2 amide bonds. The molecule has 40 heavy (non-hydrogen) atoms. The van der Waals surface area contributed by atoms with Crippen molar-refractivity contribution in [3.8, 4) is 0 Å². The molecular formula is C28H24F2N6O4. The molecule has 1 atom stereocenters. The van der Waals surface area contributed by atoms with E-state index in [1.54, 1.807) is 12.1 Å². The quantitative estimate of drug-likeness (QED) is 0.256. The van der Waals surface area contributed by atoms with Crippen molar-refractivity contribution in [2.24, 2.45) is 0 Å². The molecule has 10 nitrogen and oxygen atoms in total. The number of carbonyl (C=O) groups excluding carboxylic acids is 3. The maximum Gasteiger partial charge on any atom is 0.338 e. The number of amides is 2. The highest BCUT2D eigenvalue weighted by Crippen LogP contribution is 2.35. The van der Waals surface area contributed by atoms with E-state index in [9.17, 15) is 23.2 Å². The summed E-state index contributed by atoms with van der Waals surface area (Å²) in [5, 5.41) is 9.58. The molecule has 1 aliphatic rings. The van der Waals surface area contributed by atoms with Crippen LogP contribution in [0, 0.1) is 18.6 Å². The maximum atomic E-state index is 13.5. The number of benzene rings is 2. The number of aromatic nitrogens is 4. The molecule has 0 radical (unpaired) electrons. The zero-order valence-corrected chi connectivity index (χ0v) is 21.4. The summed E-state index contributed by atoms with van der Waals surface area (Å²) < 4.78 is 33.4. The van der Waals surface area contributed by atoms with Gasteiger partial charge in [-0.3, -0.25) is 9.59 Å². The summed E-state index contributed by atoms with van der Waals surface area (Å²) in [7, 11) is 0. The van der Waals surface area contributed by atoms with Gasteiger partial charge in [-0.25, -0.2) is 18.6 Å². The number of rotatable bonds is 8. The van der Waals surface area contributed by atoms with Crippen LogP contribution in [0.15, 0.2) is 55.4 Å². The Morgan fingerprint density at radius 1 is 1.15 bits per heavy atom. The second kappa shape index (κ2) is 11.0. The minimum absolute atomic E-state index is 0.0271. The van der Waals surface area contributed by atoms with E-state index in [4.69, 9.17) is 4.74 Å². The first-order valence-electron chi connectivity index (χ1n) is 12.4. The van der Waals surface area contributed by atoms with Crippen LogP contribution in [0.25, 0.3) is 5.78 Å². The van der Waals surface area contributed by atoms with Crippen molar-refractivity contribution in [1.82, 2.24) is 30.2 Å². The second-order valence-corrected chi connectivity index (χ2v) is 9.22. The van der Waals surface area contributed by atoms with Crippen LogP contribution >= 0.6 is 0 Å². The number of halogens is 2. The van der Waals surface area contributed by atoms with Gasteiger partial charge in [0, 0.05) is 18.7 Å². The fourth-order valence-electron chi connectivity index (χ4n) is 4.77. The summed E-state index contributed by atoms with van der Waals surface area (Å²) in [6.45, 7) is 5.35. The average molecular weight is 547 g/mol. The molecule has 0 fully saturated rings. The van der Waals surface area contributed by atoms with Crippen LogP contribution in [0.3, 0.4) is 0 Å². The average Bonchev–Trinajstić information content (AvgIpc) is 3.57. The molecule has 204 valence electrons. The molecule has 5 rings (SSSR count). The molecule has 4 aromatic rings. The normalized spacial score (nSPS) is 14.0. The largest absolute Gasteiger partial charge is 0.458 e. The van der Waals surface area contributed by atoms with Crippen molar-refractivity contribution in [3.63, 3.8) is 0 Å². The van der Waals surface area contributed by atoms with Crippen molar-refractivity contribution in [3.05, 3.63) is 106 Å². The highest BCUT2D eigenvalue weighted by atomic mass is 19.1. The van der Waals surface area contributed by atoms with Gasteiger partial charge in [0.1, 0.15) is 36.0 Å². The zero-order valence-electron chi connectivity index (χ0n) is 21.4. The number of fused-ring (bicyclic) bond motifs is 2. The summed E-state index contributed by atoms with van der Waals surface area (Å²) in [6, 6.07) is 7.36. The standard InChI is InChI=1S/C28H24F2N6O4/c1-3-8-40-27(39)20-4-5-21-19(15(20)2)6-7-22(21)34-26(38)24-12-23(35-28-32-14-33-36(24)28)25(37)31-13-16-9-17(29)11-18(30)10-16/h3-5,9-12,14,22H,1,6-8,13H2,2H3,(H,31,37)(H,34,38)/t22-/m0/s1. The Morgan fingerprint density at radius 2 is 1.93 bits per heavy atom. The number of nitrogens with one attached hydrogen (secondary N) is 2. The predicted octanol–water partition coefficient (Wildman–Crippen LogP) is 3.40. The van der Waals surface area contributed by atoms with Crippen LogP contribution in [-0.4, -0.2) is 44.0 Å². The molecule has 2 heterocycles. The number of nitrogens with zero attached hydrogens (tertiary/aromatic N) is 4. The number of hydrogen-bond donors (Lipinski definition) is 2. The van der Waals surface area contributed by atoms with Crippen LogP contribution in [0.1, 0.15) is 66.1 Å². The van der Waals surface area contributed by atoms with Gasteiger partial charge in [-0.15, -0.1) is 0 Å². The van der Waals surface area contributed by atoms with Crippen LogP contribution in [0.5, 0.6) is 0 Å². The van der Waals surface area contributed by atoms with Gasteiger partial charge in [0.05, 0.1) is 11.6 Å². The lowest BCUT2D eigenvalue weighted by atomic mass is 9.98. The van der Waals surface area contributed by atoms with Gasteiger partial charge in [0.25, 0.3) is 17.6 Å². The molecule has 2 aromatic carbocycles. The fraction of sp³-hybridized carbons (Fsp3) is 0.214. The molecule has 0 spiro atoms.